The number of benzene rings is 1. The van der Waals surface area contributed by atoms with Crippen molar-refractivity contribution in [1.29, 1.82) is 0 Å². The van der Waals surface area contributed by atoms with Crippen LogP contribution in [0, 0.1) is 5.41 Å². The SMILES string of the molecule is CCc1ccc(C2=CC(=O)CC(C)(C)C2=O)cc1. The van der Waals surface area contributed by atoms with Gasteiger partial charge in [0.25, 0.3) is 0 Å². The van der Waals surface area contributed by atoms with Crippen LogP contribution in [0.3, 0.4) is 0 Å². The molecule has 2 nitrogen and oxygen atoms in total. The van der Waals surface area contributed by atoms with Crippen molar-refractivity contribution >= 4 is 17.1 Å². The molecular formula is C16H18O2. The number of allylic oxidation sites excluding steroid dienone is 2. The number of carbonyl (C=O) groups is 2. The van der Waals surface area contributed by atoms with Crippen LogP contribution in [0.4, 0.5) is 0 Å². The van der Waals surface area contributed by atoms with Gasteiger partial charge < -0.3 is 0 Å². The van der Waals surface area contributed by atoms with Crippen LogP contribution in [0.5, 0.6) is 0 Å². The van der Waals surface area contributed by atoms with E-state index in [0.29, 0.717) is 12.0 Å². The lowest BCUT2D eigenvalue weighted by atomic mass is 9.74. The average Bonchev–Trinajstić information content (AvgIpc) is 2.33. The van der Waals surface area contributed by atoms with Crippen LogP contribution in [0.1, 0.15) is 38.3 Å². The highest BCUT2D eigenvalue weighted by Crippen LogP contribution is 2.34. The number of Topliss-reactive ketones (excluding diaryl/α,β-unsaturated/α-hetero) is 1. The highest BCUT2D eigenvalue weighted by molar-refractivity contribution is 6.30. The number of hydrogen-bond acceptors (Lipinski definition) is 2. The number of ketones is 2. The number of carbonyl (C=O) groups excluding carboxylic acids is 2. The maximum absolute atomic E-state index is 12.3. The second-order valence-corrected chi connectivity index (χ2v) is 5.46. The van der Waals surface area contributed by atoms with E-state index in [1.54, 1.807) is 0 Å². The smallest absolute Gasteiger partial charge is 0.169 e. The molecule has 0 saturated heterocycles. The Bertz CT molecular complexity index is 519. The third kappa shape index (κ3) is 2.28. The molecule has 1 aliphatic rings. The predicted molar refractivity (Wildman–Crippen MR) is 72.2 cm³/mol. The molecule has 1 aliphatic carbocycles. The van der Waals surface area contributed by atoms with Crippen molar-refractivity contribution in [3.63, 3.8) is 0 Å². The highest BCUT2D eigenvalue weighted by Gasteiger charge is 2.36. The first-order valence-corrected chi connectivity index (χ1v) is 6.32. The van der Waals surface area contributed by atoms with Crippen molar-refractivity contribution in [2.75, 3.05) is 0 Å². The van der Waals surface area contributed by atoms with Crippen molar-refractivity contribution in [3.05, 3.63) is 41.5 Å². The molecule has 0 radical (unpaired) electrons. The Labute approximate surface area is 108 Å². The molecule has 0 amide bonds. The van der Waals surface area contributed by atoms with E-state index in [1.165, 1.54) is 11.6 Å². The Morgan fingerprint density at radius 1 is 1.11 bits per heavy atom. The lowest BCUT2D eigenvalue weighted by molar-refractivity contribution is -0.127. The van der Waals surface area contributed by atoms with E-state index in [0.717, 1.165) is 12.0 Å². The lowest BCUT2D eigenvalue weighted by Crippen LogP contribution is -2.31. The number of aryl methyl sites for hydroxylation is 1. The summed E-state index contributed by atoms with van der Waals surface area (Å²) in [4.78, 5) is 24.0. The molecule has 0 unspecified atom stereocenters. The van der Waals surface area contributed by atoms with Gasteiger partial charge in [-0.1, -0.05) is 45.0 Å². The van der Waals surface area contributed by atoms with Crippen molar-refractivity contribution < 1.29 is 9.59 Å². The van der Waals surface area contributed by atoms with Gasteiger partial charge in [-0.2, -0.15) is 0 Å². The topological polar surface area (TPSA) is 34.1 Å². The second-order valence-electron chi connectivity index (χ2n) is 5.46. The molecule has 0 atom stereocenters. The molecule has 0 saturated carbocycles. The molecule has 2 rings (SSSR count). The van der Waals surface area contributed by atoms with Crippen LogP contribution in [0.2, 0.25) is 0 Å². The van der Waals surface area contributed by atoms with Crippen LogP contribution >= 0.6 is 0 Å². The average molecular weight is 242 g/mol. The number of rotatable bonds is 2. The van der Waals surface area contributed by atoms with Gasteiger partial charge >= 0.3 is 0 Å². The van der Waals surface area contributed by atoms with Crippen molar-refractivity contribution in [1.82, 2.24) is 0 Å². The minimum absolute atomic E-state index is 0.0363. The highest BCUT2D eigenvalue weighted by atomic mass is 16.1. The van der Waals surface area contributed by atoms with E-state index in [-0.39, 0.29) is 11.6 Å². The molecule has 94 valence electrons. The summed E-state index contributed by atoms with van der Waals surface area (Å²) in [6, 6.07) is 7.87. The normalized spacial score (nSPS) is 18.7. The van der Waals surface area contributed by atoms with E-state index < -0.39 is 5.41 Å². The maximum atomic E-state index is 12.3. The Kier molecular flexibility index (Phi) is 3.20. The first-order valence-electron chi connectivity index (χ1n) is 6.32. The Hall–Kier alpha value is -1.70. The van der Waals surface area contributed by atoms with Crippen LogP contribution < -0.4 is 0 Å². The summed E-state index contributed by atoms with van der Waals surface area (Å²) in [6.07, 6.45) is 2.77. The third-order valence-corrected chi connectivity index (χ3v) is 3.45. The fraction of sp³-hybridized carbons (Fsp3) is 0.375. The summed E-state index contributed by atoms with van der Waals surface area (Å²) in [7, 11) is 0. The van der Waals surface area contributed by atoms with Gasteiger partial charge in [-0.3, -0.25) is 9.59 Å². The zero-order chi connectivity index (χ0) is 13.3. The van der Waals surface area contributed by atoms with E-state index in [4.69, 9.17) is 0 Å². The van der Waals surface area contributed by atoms with Crippen molar-refractivity contribution in [3.8, 4) is 0 Å². The molecule has 0 heterocycles. The largest absolute Gasteiger partial charge is 0.295 e. The Morgan fingerprint density at radius 2 is 1.72 bits per heavy atom. The monoisotopic (exact) mass is 242 g/mol. The summed E-state index contributed by atoms with van der Waals surface area (Å²) in [5.74, 6) is 0.0977. The summed E-state index contributed by atoms with van der Waals surface area (Å²) in [5.41, 5.74) is 2.05. The molecule has 1 aromatic rings. The quantitative estimate of drug-likeness (QED) is 0.798. The van der Waals surface area contributed by atoms with Gasteiger partial charge in [0.1, 0.15) is 0 Å². The molecule has 18 heavy (non-hydrogen) atoms. The standard InChI is InChI=1S/C16H18O2/c1-4-11-5-7-12(8-6-11)14-9-13(17)10-16(2,3)15(14)18/h5-9H,4,10H2,1-3H3. The first kappa shape index (κ1) is 12.7. The zero-order valence-corrected chi connectivity index (χ0v) is 11.1. The van der Waals surface area contributed by atoms with Gasteiger partial charge in [-0.25, -0.2) is 0 Å². The zero-order valence-electron chi connectivity index (χ0n) is 11.1. The third-order valence-electron chi connectivity index (χ3n) is 3.45. The molecule has 0 bridgehead atoms. The molecule has 0 spiro atoms. The van der Waals surface area contributed by atoms with Crippen LogP contribution in [0.15, 0.2) is 30.3 Å². The maximum Gasteiger partial charge on any atom is 0.169 e. The molecule has 0 aliphatic heterocycles. The first-order chi connectivity index (χ1) is 8.44. The van der Waals surface area contributed by atoms with Gasteiger partial charge in [0.15, 0.2) is 11.6 Å². The Morgan fingerprint density at radius 3 is 2.28 bits per heavy atom. The van der Waals surface area contributed by atoms with Crippen molar-refractivity contribution in [2.45, 2.75) is 33.6 Å². The summed E-state index contributed by atoms with van der Waals surface area (Å²) < 4.78 is 0. The van der Waals surface area contributed by atoms with Gasteiger partial charge in [0.2, 0.25) is 0 Å². The molecular weight excluding hydrogens is 224 g/mol. The Balaban J connectivity index is 2.42. The molecule has 0 N–H and O–H groups in total. The number of hydrogen-bond donors (Lipinski definition) is 0. The van der Waals surface area contributed by atoms with Crippen LogP contribution in [0.25, 0.3) is 5.57 Å². The second kappa shape index (κ2) is 4.52. The fourth-order valence-corrected chi connectivity index (χ4v) is 2.29. The summed E-state index contributed by atoms with van der Waals surface area (Å²) >= 11 is 0. The fourth-order valence-electron chi connectivity index (χ4n) is 2.29. The summed E-state index contributed by atoms with van der Waals surface area (Å²) in [6.45, 7) is 5.76. The van der Waals surface area contributed by atoms with Crippen molar-refractivity contribution in [2.24, 2.45) is 5.41 Å². The van der Waals surface area contributed by atoms with Crippen LogP contribution in [-0.2, 0) is 16.0 Å². The minimum atomic E-state index is -0.579. The van der Waals surface area contributed by atoms with E-state index >= 15 is 0 Å². The molecule has 1 aromatic carbocycles. The van der Waals surface area contributed by atoms with Gasteiger partial charge in [0, 0.05) is 17.4 Å². The minimum Gasteiger partial charge on any atom is -0.295 e. The van der Waals surface area contributed by atoms with Gasteiger partial charge in [-0.15, -0.1) is 0 Å². The van der Waals surface area contributed by atoms with E-state index in [1.807, 2.05) is 38.1 Å². The molecule has 0 fully saturated rings. The van der Waals surface area contributed by atoms with Gasteiger partial charge in [0.05, 0.1) is 0 Å². The molecule has 2 heteroatoms. The predicted octanol–water partition coefficient (Wildman–Crippen LogP) is 3.20. The molecule has 0 aromatic heterocycles. The summed E-state index contributed by atoms with van der Waals surface area (Å²) in [5, 5.41) is 0. The van der Waals surface area contributed by atoms with E-state index in [2.05, 4.69) is 6.92 Å². The lowest BCUT2D eigenvalue weighted by Gasteiger charge is -2.27. The van der Waals surface area contributed by atoms with Crippen LogP contribution in [-0.4, -0.2) is 11.6 Å². The van der Waals surface area contributed by atoms with E-state index in [9.17, 15) is 9.59 Å². The van der Waals surface area contributed by atoms with Gasteiger partial charge in [-0.05, 0) is 23.6 Å².